The third-order valence-corrected chi connectivity index (χ3v) is 3.74. The van der Waals surface area contributed by atoms with E-state index in [1.165, 1.54) is 11.5 Å². The van der Waals surface area contributed by atoms with E-state index >= 15 is 0 Å². The second-order valence-corrected chi connectivity index (χ2v) is 4.92. The molecule has 16 heavy (non-hydrogen) atoms. The van der Waals surface area contributed by atoms with Crippen LogP contribution in [-0.2, 0) is 0 Å². The Hall–Kier alpha value is -1.01. The zero-order valence-corrected chi connectivity index (χ0v) is 10.1. The SMILES string of the molecule is COc1c(N)nsc1NCC1CCC(O)C1. The lowest BCUT2D eigenvalue weighted by Gasteiger charge is -2.11. The molecule has 5 nitrogen and oxygen atoms in total. The number of hydrogen-bond acceptors (Lipinski definition) is 6. The quantitative estimate of drug-likeness (QED) is 0.743. The number of nitrogen functional groups attached to an aromatic ring is 1. The van der Waals surface area contributed by atoms with Crippen molar-refractivity contribution in [2.45, 2.75) is 25.4 Å². The Balaban J connectivity index is 1.89. The number of nitrogens with one attached hydrogen (secondary N) is 1. The van der Waals surface area contributed by atoms with Crippen LogP contribution in [-0.4, -0.2) is 29.2 Å². The molecule has 1 saturated carbocycles. The van der Waals surface area contributed by atoms with Crippen LogP contribution in [0.1, 0.15) is 19.3 Å². The molecule has 1 aliphatic rings. The summed E-state index contributed by atoms with van der Waals surface area (Å²) in [5.41, 5.74) is 5.65. The van der Waals surface area contributed by atoms with E-state index in [4.69, 9.17) is 10.5 Å². The highest BCUT2D eigenvalue weighted by Gasteiger charge is 2.23. The van der Waals surface area contributed by atoms with Gasteiger partial charge in [0.15, 0.2) is 16.6 Å². The highest BCUT2D eigenvalue weighted by molar-refractivity contribution is 7.11. The molecule has 2 atom stereocenters. The number of aliphatic hydroxyl groups is 1. The maximum atomic E-state index is 9.42. The molecule has 0 saturated heterocycles. The van der Waals surface area contributed by atoms with Gasteiger partial charge in [0.25, 0.3) is 0 Å². The summed E-state index contributed by atoms with van der Waals surface area (Å²) in [5, 5.41) is 13.6. The fourth-order valence-electron chi connectivity index (χ4n) is 2.07. The van der Waals surface area contributed by atoms with Crippen molar-refractivity contribution >= 4 is 22.4 Å². The van der Waals surface area contributed by atoms with E-state index in [2.05, 4.69) is 9.69 Å². The van der Waals surface area contributed by atoms with Crippen LogP contribution < -0.4 is 15.8 Å². The Morgan fingerprint density at radius 1 is 1.62 bits per heavy atom. The largest absolute Gasteiger partial charge is 0.490 e. The van der Waals surface area contributed by atoms with Gasteiger partial charge in [-0.3, -0.25) is 0 Å². The smallest absolute Gasteiger partial charge is 0.197 e. The van der Waals surface area contributed by atoms with Crippen molar-refractivity contribution in [3.63, 3.8) is 0 Å². The van der Waals surface area contributed by atoms with Gasteiger partial charge in [0.05, 0.1) is 13.2 Å². The minimum Gasteiger partial charge on any atom is -0.490 e. The lowest BCUT2D eigenvalue weighted by Crippen LogP contribution is -2.12. The Morgan fingerprint density at radius 3 is 3.06 bits per heavy atom. The van der Waals surface area contributed by atoms with Gasteiger partial charge in [-0.1, -0.05) is 0 Å². The molecule has 2 rings (SSSR count). The second-order valence-electron chi connectivity index (χ2n) is 4.14. The third kappa shape index (κ3) is 2.38. The van der Waals surface area contributed by atoms with Crippen molar-refractivity contribution in [1.29, 1.82) is 0 Å². The highest BCUT2D eigenvalue weighted by atomic mass is 32.1. The van der Waals surface area contributed by atoms with Crippen LogP contribution in [0, 0.1) is 5.92 Å². The molecule has 2 unspecified atom stereocenters. The predicted molar refractivity (Wildman–Crippen MR) is 64.9 cm³/mol. The van der Waals surface area contributed by atoms with E-state index < -0.39 is 0 Å². The van der Waals surface area contributed by atoms with Gasteiger partial charge in [-0.15, -0.1) is 0 Å². The number of hydrogen-bond donors (Lipinski definition) is 3. The number of ether oxygens (including phenoxy) is 1. The predicted octanol–water partition coefficient (Wildman–Crippen LogP) is 1.31. The summed E-state index contributed by atoms with van der Waals surface area (Å²) in [4.78, 5) is 0. The lowest BCUT2D eigenvalue weighted by atomic mass is 10.1. The number of aromatic nitrogens is 1. The first-order valence-electron chi connectivity index (χ1n) is 5.41. The number of rotatable bonds is 4. The molecule has 1 aromatic rings. The average Bonchev–Trinajstić information content (AvgIpc) is 2.82. The molecule has 90 valence electrons. The molecule has 1 aromatic heterocycles. The minimum atomic E-state index is -0.125. The summed E-state index contributed by atoms with van der Waals surface area (Å²) in [6.45, 7) is 0.842. The molecule has 1 fully saturated rings. The van der Waals surface area contributed by atoms with Crippen molar-refractivity contribution in [3.05, 3.63) is 0 Å². The number of aliphatic hydroxyl groups excluding tert-OH is 1. The fourth-order valence-corrected chi connectivity index (χ4v) is 2.77. The maximum absolute atomic E-state index is 9.42. The van der Waals surface area contributed by atoms with E-state index in [1.807, 2.05) is 0 Å². The molecule has 6 heteroatoms. The molecule has 1 heterocycles. The molecule has 0 bridgehead atoms. The normalized spacial score (nSPS) is 24.6. The summed E-state index contributed by atoms with van der Waals surface area (Å²) >= 11 is 1.31. The zero-order chi connectivity index (χ0) is 11.5. The molecule has 0 amide bonds. The van der Waals surface area contributed by atoms with Crippen molar-refractivity contribution in [1.82, 2.24) is 4.37 Å². The van der Waals surface area contributed by atoms with Crippen LogP contribution in [0.5, 0.6) is 5.75 Å². The summed E-state index contributed by atoms with van der Waals surface area (Å²) in [7, 11) is 1.59. The standard InChI is InChI=1S/C10H17N3O2S/c1-15-8-9(11)13-16-10(8)12-5-6-2-3-7(14)4-6/h6-7,12,14H,2-5H2,1H3,(H2,11,13). The van der Waals surface area contributed by atoms with Crippen molar-refractivity contribution in [2.24, 2.45) is 5.92 Å². The van der Waals surface area contributed by atoms with Gasteiger partial charge in [-0.2, -0.15) is 4.37 Å². The first-order valence-corrected chi connectivity index (χ1v) is 6.19. The van der Waals surface area contributed by atoms with E-state index in [9.17, 15) is 5.11 Å². The van der Waals surface area contributed by atoms with Gasteiger partial charge in [0.2, 0.25) is 0 Å². The van der Waals surface area contributed by atoms with Gasteiger partial charge in [-0.05, 0) is 36.7 Å². The van der Waals surface area contributed by atoms with E-state index in [1.54, 1.807) is 7.11 Å². The lowest BCUT2D eigenvalue weighted by molar-refractivity contribution is 0.178. The highest BCUT2D eigenvalue weighted by Crippen LogP contribution is 2.35. The van der Waals surface area contributed by atoms with Gasteiger partial charge in [0, 0.05) is 6.54 Å². The molecule has 4 N–H and O–H groups in total. The van der Waals surface area contributed by atoms with E-state index in [0.717, 1.165) is 30.8 Å². The summed E-state index contributed by atoms with van der Waals surface area (Å²) in [6, 6.07) is 0. The van der Waals surface area contributed by atoms with E-state index in [-0.39, 0.29) is 6.10 Å². The molecule has 0 aromatic carbocycles. The van der Waals surface area contributed by atoms with Crippen molar-refractivity contribution in [2.75, 3.05) is 24.7 Å². The van der Waals surface area contributed by atoms with Gasteiger partial charge in [0.1, 0.15) is 0 Å². The van der Waals surface area contributed by atoms with Crippen LogP contribution in [0.4, 0.5) is 10.8 Å². The summed E-state index contributed by atoms with van der Waals surface area (Å²) in [5.74, 6) is 1.59. The molecule has 0 radical (unpaired) electrons. The molecule has 0 spiro atoms. The van der Waals surface area contributed by atoms with Crippen LogP contribution in [0.25, 0.3) is 0 Å². The Kier molecular flexibility index (Phi) is 3.50. The molecule has 1 aliphatic carbocycles. The van der Waals surface area contributed by atoms with Crippen LogP contribution in [0.3, 0.4) is 0 Å². The van der Waals surface area contributed by atoms with Crippen molar-refractivity contribution in [3.8, 4) is 5.75 Å². The first-order chi connectivity index (χ1) is 7.70. The maximum Gasteiger partial charge on any atom is 0.197 e. The fraction of sp³-hybridized carbons (Fsp3) is 0.700. The first kappa shape index (κ1) is 11.5. The van der Waals surface area contributed by atoms with E-state index in [0.29, 0.717) is 17.5 Å². The van der Waals surface area contributed by atoms with Crippen LogP contribution in [0.15, 0.2) is 0 Å². The molecular weight excluding hydrogens is 226 g/mol. The zero-order valence-electron chi connectivity index (χ0n) is 9.27. The van der Waals surface area contributed by atoms with Gasteiger partial charge < -0.3 is 20.9 Å². The molecular formula is C10H17N3O2S. The monoisotopic (exact) mass is 243 g/mol. The third-order valence-electron chi connectivity index (χ3n) is 2.94. The number of anilines is 2. The van der Waals surface area contributed by atoms with Crippen molar-refractivity contribution < 1.29 is 9.84 Å². The topological polar surface area (TPSA) is 80.4 Å². The molecule has 0 aliphatic heterocycles. The summed E-state index contributed by atoms with van der Waals surface area (Å²) in [6.07, 6.45) is 2.74. The second kappa shape index (κ2) is 4.88. The van der Waals surface area contributed by atoms with Crippen LogP contribution in [0.2, 0.25) is 0 Å². The Morgan fingerprint density at radius 2 is 2.44 bits per heavy atom. The van der Waals surface area contributed by atoms with Gasteiger partial charge in [-0.25, -0.2) is 0 Å². The Labute approximate surface area is 98.8 Å². The average molecular weight is 243 g/mol. The van der Waals surface area contributed by atoms with Crippen LogP contribution >= 0.6 is 11.5 Å². The minimum absolute atomic E-state index is 0.125. The number of nitrogens with zero attached hydrogens (tertiary/aromatic N) is 1. The number of nitrogens with two attached hydrogens (primary N) is 1. The number of methoxy groups -OCH3 is 1. The Bertz CT molecular complexity index is 356. The van der Waals surface area contributed by atoms with Gasteiger partial charge >= 0.3 is 0 Å². The summed E-state index contributed by atoms with van der Waals surface area (Å²) < 4.78 is 9.19.